The molecular weight excluding hydrogens is 522 g/mol. The summed E-state index contributed by atoms with van der Waals surface area (Å²) in [5.41, 5.74) is 2.14. The summed E-state index contributed by atoms with van der Waals surface area (Å²) in [6, 6.07) is 6.39. The van der Waals surface area contributed by atoms with Crippen LogP contribution in [0.1, 0.15) is 89.5 Å². The van der Waals surface area contributed by atoms with E-state index < -0.39 is 11.9 Å². The molecule has 0 spiro atoms. The molecule has 2 aromatic rings. The van der Waals surface area contributed by atoms with Gasteiger partial charge in [-0.3, -0.25) is 29.1 Å². The van der Waals surface area contributed by atoms with Crippen molar-refractivity contribution >= 4 is 23.3 Å². The molecule has 41 heavy (non-hydrogen) atoms. The maximum atomic E-state index is 13.0. The highest BCUT2D eigenvalue weighted by Crippen LogP contribution is 2.18. The molecule has 0 aliphatic carbocycles. The fourth-order valence-electron chi connectivity index (χ4n) is 3.81. The van der Waals surface area contributed by atoms with Crippen molar-refractivity contribution in [3.63, 3.8) is 0 Å². The Balaban J connectivity index is 0.00000882. The minimum atomic E-state index is -0.492. The summed E-state index contributed by atoms with van der Waals surface area (Å²) in [5.74, 6) is -0.206. The molecular formula is C32H47N3O6. The Bertz CT molecular complexity index is 1140. The van der Waals surface area contributed by atoms with E-state index in [0.29, 0.717) is 29.7 Å². The number of pyridine rings is 2. The van der Waals surface area contributed by atoms with Crippen molar-refractivity contribution in [1.29, 1.82) is 0 Å². The average molecular weight is 570 g/mol. The van der Waals surface area contributed by atoms with Crippen LogP contribution < -0.4 is 5.32 Å². The Labute approximate surface area is 245 Å². The molecule has 0 aromatic carbocycles. The van der Waals surface area contributed by atoms with Crippen molar-refractivity contribution in [3.8, 4) is 11.3 Å². The van der Waals surface area contributed by atoms with Crippen molar-refractivity contribution in [1.82, 2.24) is 15.3 Å². The topological polar surface area (TPSA) is 125 Å². The van der Waals surface area contributed by atoms with Gasteiger partial charge in [-0.15, -0.1) is 0 Å². The molecule has 2 aromatic heterocycles. The molecule has 0 saturated carbocycles. The van der Waals surface area contributed by atoms with Gasteiger partial charge in [-0.25, -0.2) is 0 Å². The second-order valence-corrected chi connectivity index (χ2v) is 10.8. The summed E-state index contributed by atoms with van der Waals surface area (Å²) in [4.78, 5) is 58.0. The number of hydrogen-bond donors (Lipinski definition) is 1. The van der Waals surface area contributed by atoms with Gasteiger partial charge in [-0.1, -0.05) is 41.5 Å². The molecule has 226 valence electrons. The summed E-state index contributed by atoms with van der Waals surface area (Å²) in [6.45, 7) is 12.2. The third-order valence-corrected chi connectivity index (χ3v) is 7.16. The number of hydrogen-bond acceptors (Lipinski definition) is 8. The number of Topliss-reactive ketones (excluding diaryl/α,β-unsaturated/α-hetero) is 3. The fraction of sp³-hybridized carbons (Fsp3) is 0.562. The molecule has 1 amide bonds. The highest BCUT2D eigenvalue weighted by molar-refractivity contribution is 5.97. The molecule has 2 rings (SSSR count). The molecule has 0 radical (unpaired) electrons. The summed E-state index contributed by atoms with van der Waals surface area (Å²) in [6.07, 6.45) is 5.29. The van der Waals surface area contributed by atoms with Crippen LogP contribution in [0, 0.1) is 17.8 Å². The number of carbonyl (C=O) groups is 4. The van der Waals surface area contributed by atoms with Gasteiger partial charge in [0, 0.05) is 55.5 Å². The first-order valence-electron chi connectivity index (χ1n) is 14.6. The second kappa shape index (κ2) is 17.5. The number of aromatic nitrogens is 2. The third kappa shape index (κ3) is 11.2. The van der Waals surface area contributed by atoms with Crippen molar-refractivity contribution < 1.29 is 30.1 Å². The van der Waals surface area contributed by atoms with Crippen molar-refractivity contribution in [2.45, 2.75) is 73.3 Å². The second-order valence-electron chi connectivity index (χ2n) is 10.8. The molecule has 9 nitrogen and oxygen atoms in total. The molecule has 2 heterocycles. The normalized spacial score (nSPS) is 13.4. The first-order valence-corrected chi connectivity index (χ1v) is 14.6. The van der Waals surface area contributed by atoms with E-state index in [1.165, 1.54) is 0 Å². The monoisotopic (exact) mass is 569 g/mol. The lowest BCUT2D eigenvalue weighted by Gasteiger charge is -2.19. The van der Waals surface area contributed by atoms with E-state index in [1.807, 2.05) is 41.5 Å². The summed E-state index contributed by atoms with van der Waals surface area (Å²) < 4.78 is 11.4. The van der Waals surface area contributed by atoms with E-state index >= 15 is 0 Å². The van der Waals surface area contributed by atoms with Gasteiger partial charge >= 0.3 is 0 Å². The van der Waals surface area contributed by atoms with E-state index in [4.69, 9.17) is 9.47 Å². The zero-order valence-corrected chi connectivity index (χ0v) is 25.3. The predicted octanol–water partition coefficient (Wildman–Crippen LogP) is 5.37. The summed E-state index contributed by atoms with van der Waals surface area (Å²) in [5, 5.41) is 2.89. The molecule has 0 saturated heterocycles. The highest BCUT2D eigenvalue weighted by Gasteiger charge is 2.18. The molecule has 9 heteroatoms. The summed E-state index contributed by atoms with van der Waals surface area (Å²) in [7, 11) is 0. The number of amides is 1. The maximum Gasteiger partial charge on any atom is 0.270 e. The Morgan fingerprint density at radius 2 is 1.44 bits per heavy atom. The van der Waals surface area contributed by atoms with Crippen molar-refractivity contribution in [3.05, 3.63) is 47.9 Å². The predicted molar refractivity (Wildman–Crippen MR) is 160 cm³/mol. The van der Waals surface area contributed by atoms with Crippen molar-refractivity contribution in [2.24, 2.45) is 17.8 Å². The summed E-state index contributed by atoms with van der Waals surface area (Å²) >= 11 is 0. The van der Waals surface area contributed by atoms with Gasteiger partial charge in [0.05, 0.1) is 38.2 Å². The number of carbonyl (C=O) groups excluding carboxylic acids is 4. The van der Waals surface area contributed by atoms with E-state index in [2.05, 4.69) is 15.3 Å². The van der Waals surface area contributed by atoms with E-state index in [1.54, 1.807) is 36.7 Å². The largest absolute Gasteiger partial charge is 0.379 e. The van der Waals surface area contributed by atoms with Gasteiger partial charge in [-0.05, 0) is 37.1 Å². The molecule has 3 unspecified atom stereocenters. The lowest BCUT2D eigenvalue weighted by atomic mass is 9.98. The first-order chi connectivity index (χ1) is 19.6. The fourth-order valence-corrected chi connectivity index (χ4v) is 3.81. The zero-order chi connectivity index (χ0) is 30.4. The lowest BCUT2D eigenvalue weighted by Crippen LogP contribution is -2.42. The molecule has 3 atom stereocenters. The first kappa shape index (κ1) is 33.9. The zero-order valence-electron chi connectivity index (χ0n) is 25.3. The van der Waals surface area contributed by atoms with E-state index in [-0.39, 0.29) is 68.7 Å². The van der Waals surface area contributed by atoms with Gasteiger partial charge in [0.2, 0.25) is 0 Å². The van der Waals surface area contributed by atoms with Gasteiger partial charge in [0.1, 0.15) is 17.3 Å². The molecule has 0 bridgehead atoms. The number of ether oxygens (including phenoxy) is 2. The minimum Gasteiger partial charge on any atom is -0.379 e. The smallest absolute Gasteiger partial charge is 0.270 e. The van der Waals surface area contributed by atoms with E-state index in [9.17, 15) is 19.2 Å². The van der Waals surface area contributed by atoms with Crippen molar-refractivity contribution in [2.75, 3.05) is 26.4 Å². The van der Waals surface area contributed by atoms with Gasteiger partial charge < -0.3 is 14.8 Å². The Hall–Kier alpha value is -3.30. The van der Waals surface area contributed by atoms with Crippen LogP contribution >= 0.6 is 0 Å². The van der Waals surface area contributed by atoms with Crippen LogP contribution in [0.15, 0.2) is 36.7 Å². The average Bonchev–Trinajstić information content (AvgIpc) is 2.99. The SMILES string of the molecule is CCC(C)C(=O)CCOCC(COCCC(=O)C(C)C)NC(=O)c1ccc(-c2ccc(C(=O)C(C)CC)cn2)cn1.[HH]. The van der Waals surface area contributed by atoms with Crippen LogP contribution in [-0.4, -0.2) is 65.7 Å². The highest BCUT2D eigenvalue weighted by atomic mass is 16.5. The van der Waals surface area contributed by atoms with Gasteiger partial charge in [0.25, 0.3) is 5.91 Å². The van der Waals surface area contributed by atoms with Gasteiger partial charge in [-0.2, -0.15) is 0 Å². The third-order valence-electron chi connectivity index (χ3n) is 7.16. The maximum absolute atomic E-state index is 13.0. The van der Waals surface area contributed by atoms with Crippen LogP contribution in [0.25, 0.3) is 11.3 Å². The number of ketones is 3. The van der Waals surface area contributed by atoms with Crippen LogP contribution in [0.5, 0.6) is 0 Å². The molecule has 0 aliphatic heterocycles. The Morgan fingerprint density at radius 1 is 0.805 bits per heavy atom. The van der Waals surface area contributed by atoms with Gasteiger partial charge in [0.15, 0.2) is 5.78 Å². The quantitative estimate of drug-likeness (QED) is 0.177. The molecule has 0 aliphatic rings. The molecule has 0 fully saturated rings. The lowest BCUT2D eigenvalue weighted by molar-refractivity contribution is -0.123. The Kier molecular flexibility index (Phi) is 14.5. The number of nitrogens with zero attached hydrogens (tertiary/aromatic N) is 2. The van der Waals surface area contributed by atoms with E-state index in [0.717, 1.165) is 12.8 Å². The minimum absolute atomic E-state index is 0. The van der Waals surface area contributed by atoms with Crippen LogP contribution in [-0.2, 0) is 19.1 Å². The Morgan fingerprint density at radius 3 is 1.95 bits per heavy atom. The van der Waals surface area contributed by atoms with Crippen LogP contribution in [0.4, 0.5) is 0 Å². The molecule has 1 N–H and O–H groups in total. The number of nitrogens with one attached hydrogen (secondary N) is 1. The van der Waals surface area contributed by atoms with Crippen LogP contribution in [0.2, 0.25) is 0 Å². The number of rotatable bonds is 19. The standard InChI is InChI=1S/C32H45N3O6.H2/c1-7-22(5)30(37)14-16-41-20-26(19-40-15-13-29(36)21(3)4)35-32(39)28-12-9-24(17-34-28)27-11-10-25(18-33-27)31(38)23(6)8-2;/h9-12,17-18,21-23,26H,7-8,13-16,19-20H2,1-6H3,(H,35,39);1H. The van der Waals surface area contributed by atoms with Crippen LogP contribution in [0.3, 0.4) is 0 Å².